The summed E-state index contributed by atoms with van der Waals surface area (Å²) in [7, 11) is -3.49. The first-order valence-corrected chi connectivity index (χ1v) is 12.5. The molecule has 9 heteroatoms. The topological polar surface area (TPSA) is 91.8 Å². The van der Waals surface area contributed by atoms with Crippen LogP contribution in [0.3, 0.4) is 0 Å². The Kier molecular flexibility index (Phi) is 7.79. The summed E-state index contributed by atoms with van der Waals surface area (Å²) in [6.07, 6.45) is 1.14. The Morgan fingerprint density at radius 1 is 0.939 bits per heavy atom. The van der Waals surface area contributed by atoms with E-state index in [1.54, 1.807) is 36.4 Å². The Labute approximate surface area is 202 Å². The van der Waals surface area contributed by atoms with Crippen molar-refractivity contribution >= 4 is 44.9 Å². The van der Waals surface area contributed by atoms with Gasteiger partial charge in [0, 0.05) is 24.2 Å². The van der Waals surface area contributed by atoms with Crippen LogP contribution >= 0.6 is 23.2 Å². The normalized spacial score (nSPS) is 12.2. The lowest BCUT2D eigenvalue weighted by Gasteiger charge is -2.30. The molecule has 0 aliphatic rings. The van der Waals surface area contributed by atoms with Crippen LogP contribution in [0.5, 0.6) is 0 Å². The molecule has 0 saturated carbocycles. The van der Waals surface area contributed by atoms with Gasteiger partial charge >= 0.3 is 5.97 Å². The zero-order valence-corrected chi connectivity index (χ0v) is 19.9. The van der Waals surface area contributed by atoms with Crippen molar-refractivity contribution in [1.29, 1.82) is 0 Å². The van der Waals surface area contributed by atoms with Gasteiger partial charge in [-0.15, -0.1) is 0 Å². The first-order valence-electron chi connectivity index (χ1n) is 9.88. The molecule has 0 heterocycles. The summed E-state index contributed by atoms with van der Waals surface area (Å²) in [4.78, 5) is 27.1. The second-order valence-electron chi connectivity index (χ2n) is 7.52. The number of halogens is 2. The molecular weight excluding hydrogens is 485 g/mol. The highest BCUT2D eigenvalue weighted by molar-refractivity contribution is 7.90. The van der Waals surface area contributed by atoms with E-state index in [4.69, 9.17) is 23.2 Å². The summed E-state index contributed by atoms with van der Waals surface area (Å²) in [6.45, 7) is -0.134. The fourth-order valence-corrected chi connectivity index (χ4v) is 4.56. The number of carboxylic acids is 1. The van der Waals surface area contributed by atoms with Crippen molar-refractivity contribution < 1.29 is 23.1 Å². The number of benzene rings is 3. The maximum absolute atomic E-state index is 13.5. The molecule has 0 spiro atoms. The molecule has 0 radical (unpaired) electrons. The van der Waals surface area contributed by atoms with E-state index in [1.165, 1.54) is 35.2 Å². The van der Waals surface area contributed by atoms with Crippen molar-refractivity contribution in [3.63, 3.8) is 0 Å². The molecule has 3 aromatic rings. The molecule has 1 N–H and O–H groups in total. The Hall–Kier alpha value is -2.87. The number of rotatable bonds is 8. The van der Waals surface area contributed by atoms with Crippen molar-refractivity contribution in [2.75, 3.05) is 6.26 Å². The van der Waals surface area contributed by atoms with Crippen LogP contribution in [0.2, 0.25) is 10.0 Å². The fourth-order valence-electron chi connectivity index (χ4n) is 3.38. The summed E-state index contributed by atoms with van der Waals surface area (Å²) >= 11 is 12.2. The quantitative estimate of drug-likeness (QED) is 0.477. The molecular formula is C24H21Cl2NO5S. The minimum absolute atomic E-state index is 0.0545. The highest BCUT2D eigenvalue weighted by Gasteiger charge is 2.32. The maximum Gasteiger partial charge on any atom is 0.326 e. The van der Waals surface area contributed by atoms with Crippen LogP contribution in [0.15, 0.2) is 77.7 Å². The monoisotopic (exact) mass is 505 g/mol. The van der Waals surface area contributed by atoms with E-state index in [0.717, 1.165) is 11.8 Å². The van der Waals surface area contributed by atoms with E-state index >= 15 is 0 Å². The number of amides is 1. The number of aliphatic carboxylic acids is 1. The molecule has 0 unspecified atom stereocenters. The van der Waals surface area contributed by atoms with Crippen LogP contribution < -0.4 is 0 Å². The average Bonchev–Trinajstić information content (AvgIpc) is 2.76. The molecule has 0 fully saturated rings. The van der Waals surface area contributed by atoms with Gasteiger partial charge in [-0.25, -0.2) is 13.2 Å². The number of nitrogens with zero attached hydrogens (tertiary/aromatic N) is 1. The first kappa shape index (κ1) is 24.8. The lowest BCUT2D eigenvalue weighted by Crippen LogP contribution is -2.46. The molecule has 0 saturated heterocycles. The van der Waals surface area contributed by atoms with Gasteiger partial charge in [0.25, 0.3) is 5.91 Å². The smallest absolute Gasteiger partial charge is 0.326 e. The van der Waals surface area contributed by atoms with Gasteiger partial charge in [0.2, 0.25) is 0 Å². The van der Waals surface area contributed by atoms with E-state index in [9.17, 15) is 23.1 Å². The van der Waals surface area contributed by atoms with Gasteiger partial charge in [0.1, 0.15) is 6.04 Å². The zero-order valence-electron chi connectivity index (χ0n) is 17.6. The molecule has 0 aromatic heterocycles. The Morgan fingerprint density at radius 3 is 2.21 bits per heavy atom. The Balaban J connectivity index is 2.06. The van der Waals surface area contributed by atoms with Crippen molar-refractivity contribution in [2.45, 2.75) is 23.9 Å². The summed E-state index contributed by atoms with van der Waals surface area (Å²) < 4.78 is 24.0. The fraction of sp³-hybridized carbons (Fsp3) is 0.167. The summed E-state index contributed by atoms with van der Waals surface area (Å²) in [5, 5.41) is 10.5. The van der Waals surface area contributed by atoms with Crippen molar-refractivity contribution in [3.05, 3.63) is 99.5 Å². The van der Waals surface area contributed by atoms with Crippen LogP contribution in [-0.2, 0) is 27.6 Å². The molecule has 0 aliphatic heterocycles. The van der Waals surface area contributed by atoms with Gasteiger partial charge in [0.15, 0.2) is 9.84 Å². The van der Waals surface area contributed by atoms with E-state index in [1.807, 2.05) is 6.07 Å². The lowest BCUT2D eigenvalue weighted by molar-refractivity contribution is -0.142. The second kappa shape index (κ2) is 10.4. The summed E-state index contributed by atoms with van der Waals surface area (Å²) in [5.41, 5.74) is 1.30. The number of carboxylic acid groups (broad SMARTS) is 1. The predicted molar refractivity (Wildman–Crippen MR) is 127 cm³/mol. The predicted octanol–water partition coefficient (Wildman–Crippen LogP) is 4.74. The number of sulfone groups is 1. The molecule has 1 amide bonds. The van der Waals surface area contributed by atoms with Gasteiger partial charge in [-0.1, -0.05) is 65.7 Å². The van der Waals surface area contributed by atoms with E-state index in [0.29, 0.717) is 10.6 Å². The van der Waals surface area contributed by atoms with E-state index in [2.05, 4.69) is 0 Å². The van der Waals surface area contributed by atoms with Crippen LogP contribution in [-0.4, -0.2) is 42.6 Å². The number of hydrogen-bond acceptors (Lipinski definition) is 4. The third kappa shape index (κ3) is 6.35. The third-order valence-electron chi connectivity index (χ3n) is 5.04. The minimum atomic E-state index is -3.49. The van der Waals surface area contributed by atoms with Crippen LogP contribution in [0.25, 0.3) is 0 Å². The van der Waals surface area contributed by atoms with Crippen molar-refractivity contribution in [3.8, 4) is 0 Å². The molecule has 0 bridgehead atoms. The highest BCUT2D eigenvalue weighted by Crippen LogP contribution is 2.25. The van der Waals surface area contributed by atoms with Crippen molar-refractivity contribution in [1.82, 2.24) is 4.90 Å². The standard InChI is InChI=1S/C24H21Cl2NO5S/c1-33(31,32)19-9-5-8-17(12-19)15-27(23(28)20-11-10-18(25)14-21(20)26)22(24(29)30)13-16-6-3-2-4-7-16/h2-12,14,22H,13,15H2,1H3,(H,29,30)/t22-/m0/s1. The first-order chi connectivity index (χ1) is 15.6. The third-order valence-corrected chi connectivity index (χ3v) is 6.69. The van der Waals surface area contributed by atoms with Gasteiger partial charge < -0.3 is 10.0 Å². The van der Waals surface area contributed by atoms with Crippen LogP contribution in [0.4, 0.5) is 0 Å². The molecule has 0 aliphatic carbocycles. The van der Waals surface area contributed by atoms with Gasteiger partial charge in [-0.3, -0.25) is 4.79 Å². The van der Waals surface area contributed by atoms with Gasteiger partial charge in [0.05, 0.1) is 15.5 Å². The second-order valence-corrected chi connectivity index (χ2v) is 10.4. The summed E-state index contributed by atoms with van der Waals surface area (Å²) in [5.74, 6) is -1.80. The largest absolute Gasteiger partial charge is 0.480 e. The molecule has 3 aromatic carbocycles. The van der Waals surface area contributed by atoms with Crippen LogP contribution in [0, 0.1) is 0 Å². The summed E-state index contributed by atoms with van der Waals surface area (Å²) in [6, 6.07) is 18.1. The van der Waals surface area contributed by atoms with Gasteiger partial charge in [-0.2, -0.15) is 0 Å². The average molecular weight is 506 g/mol. The molecule has 1 atom stereocenters. The number of carbonyl (C=O) groups excluding carboxylic acids is 1. The number of carbonyl (C=O) groups is 2. The van der Waals surface area contributed by atoms with E-state index < -0.39 is 27.8 Å². The lowest BCUT2D eigenvalue weighted by atomic mass is 10.0. The van der Waals surface area contributed by atoms with E-state index in [-0.39, 0.29) is 28.4 Å². The molecule has 172 valence electrons. The zero-order chi connectivity index (χ0) is 24.2. The Morgan fingerprint density at radius 2 is 1.61 bits per heavy atom. The maximum atomic E-state index is 13.5. The SMILES string of the molecule is CS(=O)(=O)c1cccc(CN(C(=O)c2ccc(Cl)cc2Cl)[C@@H](Cc2ccccc2)C(=O)O)c1. The van der Waals surface area contributed by atoms with Gasteiger partial charge in [-0.05, 0) is 41.5 Å². The number of hydrogen-bond donors (Lipinski definition) is 1. The van der Waals surface area contributed by atoms with Crippen LogP contribution in [0.1, 0.15) is 21.5 Å². The molecule has 33 heavy (non-hydrogen) atoms. The Bertz CT molecular complexity index is 1280. The molecule has 3 rings (SSSR count). The van der Waals surface area contributed by atoms with Crippen molar-refractivity contribution in [2.24, 2.45) is 0 Å². The minimum Gasteiger partial charge on any atom is -0.480 e. The highest BCUT2D eigenvalue weighted by atomic mass is 35.5. The molecule has 6 nitrogen and oxygen atoms in total.